The monoisotopic (exact) mass is 499 g/mol. The minimum atomic E-state index is -0.180. The number of likely N-dealkylation sites (tertiary alicyclic amines) is 1. The van der Waals surface area contributed by atoms with Crippen LogP contribution in [0.4, 0.5) is 5.69 Å². The van der Waals surface area contributed by atoms with Crippen molar-refractivity contribution in [3.05, 3.63) is 64.1 Å². The fourth-order valence-electron chi connectivity index (χ4n) is 4.33. The number of amides is 2. The predicted molar refractivity (Wildman–Crippen MR) is 129 cm³/mol. The lowest BCUT2D eigenvalue weighted by atomic mass is 9.95. The molecule has 0 aromatic heterocycles. The molecule has 32 heavy (non-hydrogen) atoms. The third kappa shape index (κ3) is 6.18. The number of para-hydroxylation sites is 1. The van der Waals surface area contributed by atoms with Gasteiger partial charge in [0, 0.05) is 30.1 Å². The molecule has 2 amide bonds. The van der Waals surface area contributed by atoms with Crippen LogP contribution in [0.15, 0.2) is 53.0 Å². The largest absolute Gasteiger partial charge is 0.376 e. The van der Waals surface area contributed by atoms with Gasteiger partial charge in [-0.25, -0.2) is 0 Å². The number of carbonyl (C=O) groups excluding carboxylic acids is 2. The van der Waals surface area contributed by atoms with E-state index in [2.05, 4.69) is 55.7 Å². The summed E-state index contributed by atoms with van der Waals surface area (Å²) < 4.78 is 6.66. The van der Waals surface area contributed by atoms with E-state index in [4.69, 9.17) is 4.74 Å². The lowest BCUT2D eigenvalue weighted by molar-refractivity contribution is -0.121. The summed E-state index contributed by atoms with van der Waals surface area (Å²) in [4.78, 5) is 28.0. The van der Waals surface area contributed by atoms with E-state index in [9.17, 15) is 9.59 Å². The van der Waals surface area contributed by atoms with E-state index in [1.54, 1.807) is 12.1 Å². The van der Waals surface area contributed by atoms with E-state index in [-0.39, 0.29) is 23.8 Å². The van der Waals surface area contributed by atoms with Gasteiger partial charge < -0.3 is 15.4 Å². The zero-order valence-corrected chi connectivity index (χ0v) is 19.8. The van der Waals surface area contributed by atoms with Crippen molar-refractivity contribution >= 4 is 33.4 Å². The van der Waals surface area contributed by atoms with Gasteiger partial charge in [-0.15, -0.1) is 0 Å². The summed E-state index contributed by atoms with van der Waals surface area (Å²) in [6.07, 6.45) is 3.73. The van der Waals surface area contributed by atoms with Crippen molar-refractivity contribution in [2.45, 2.75) is 38.3 Å². The lowest BCUT2D eigenvalue weighted by Gasteiger charge is -2.31. The fourth-order valence-corrected chi connectivity index (χ4v) is 4.60. The summed E-state index contributed by atoms with van der Waals surface area (Å²) in [5.41, 5.74) is 2.34. The van der Waals surface area contributed by atoms with E-state index >= 15 is 0 Å². The summed E-state index contributed by atoms with van der Waals surface area (Å²) in [5.74, 6) is -0.229. The Kier molecular flexibility index (Phi) is 7.95. The molecule has 0 radical (unpaired) electrons. The van der Waals surface area contributed by atoms with Crippen molar-refractivity contribution in [1.82, 2.24) is 10.2 Å². The summed E-state index contributed by atoms with van der Waals surface area (Å²) >= 11 is 3.47. The van der Waals surface area contributed by atoms with Crippen LogP contribution >= 0.6 is 15.9 Å². The number of hydrogen-bond acceptors (Lipinski definition) is 4. The number of hydrogen-bond donors (Lipinski definition) is 2. The third-order valence-electron chi connectivity index (χ3n) is 6.22. The van der Waals surface area contributed by atoms with Gasteiger partial charge in [-0.2, -0.15) is 0 Å². The molecule has 2 aromatic carbocycles. The first-order valence-corrected chi connectivity index (χ1v) is 12.1. The maximum Gasteiger partial charge on any atom is 0.253 e. The standard InChI is InChI=1S/C25H30BrN3O3/c26-20-9-7-18(8-10-20)17-29-13-11-19(12-14-29)24(30)28-23-6-2-1-5-22(23)25(31)27-16-21-4-3-15-32-21/h1-2,5-10,19,21H,3-4,11-17H2,(H,27,31)(H,28,30). The molecular weight excluding hydrogens is 470 g/mol. The maximum atomic E-state index is 12.9. The van der Waals surface area contributed by atoms with Crippen molar-refractivity contribution in [3.8, 4) is 0 Å². The molecule has 2 aromatic rings. The number of nitrogens with zero attached hydrogens (tertiary/aromatic N) is 1. The quantitative estimate of drug-likeness (QED) is 0.598. The van der Waals surface area contributed by atoms with E-state index in [1.807, 2.05) is 12.1 Å². The number of halogens is 1. The minimum Gasteiger partial charge on any atom is -0.376 e. The van der Waals surface area contributed by atoms with E-state index in [0.29, 0.717) is 17.8 Å². The molecule has 4 rings (SSSR count). The number of rotatable bonds is 7. The molecule has 1 atom stereocenters. The van der Waals surface area contributed by atoms with Crippen LogP contribution in [0.25, 0.3) is 0 Å². The predicted octanol–water partition coefficient (Wildman–Crippen LogP) is 4.21. The van der Waals surface area contributed by atoms with Crippen LogP contribution in [0, 0.1) is 5.92 Å². The zero-order chi connectivity index (χ0) is 22.3. The highest BCUT2D eigenvalue weighted by molar-refractivity contribution is 9.10. The van der Waals surface area contributed by atoms with Gasteiger partial charge in [0.25, 0.3) is 5.91 Å². The first-order valence-electron chi connectivity index (χ1n) is 11.3. The van der Waals surface area contributed by atoms with Crippen LogP contribution in [-0.4, -0.2) is 49.1 Å². The Morgan fingerprint density at radius 1 is 1.03 bits per heavy atom. The van der Waals surface area contributed by atoms with E-state index < -0.39 is 0 Å². The first kappa shape index (κ1) is 23.0. The molecular formula is C25H30BrN3O3. The van der Waals surface area contributed by atoms with Crippen molar-refractivity contribution in [2.75, 3.05) is 31.6 Å². The lowest BCUT2D eigenvalue weighted by Crippen LogP contribution is -2.38. The fraction of sp³-hybridized carbons (Fsp3) is 0.440. The summed E-state index contributed by atoms with van der Waals surface area (Å²) in [5, 5.41) is 5.95. The Labute approximate surface area is 197 Å². The molecule has 2 heterocycles. The minimum absolute atomic E-state index is 0.00679. The second-order valence-corrected chi connectivity index (χ2v) is 9.47. The van der Waals surface area contributed by atoms with Gasteiger partial charge >= 0.3 is 0 Å². The second-order valence-electron chi connectivity index (χ2n) is 8.56. The molecule has 2 saturated heterocycles. The van der Waals surface area contributed by atoms with Crippen molar-refractivity contribution < 1.29 is 14.3 Å². The van der Waals surface area contributed by atoms with Crippen LogP contribution in [0.2, 0.25) is 0 Å². The van der Waals surface area contributed by atoms with Gasteiger partial charge in [-0.3, -0.25) is 14.5 Å². The van der Waals surface area contributed by atoms with Gasteiger partial charge in [0.05, 0.1) is 17.4 Å². The highest BCUT2D eigenvalue weighted by atomic mass is 79.9. The number of ether oxygens (including phenoxy) is 1. The number of carbonyl (C=O) groups is 2. The number of nitrogens with one attached hydrogen (secondary N) is 2. The van der Waals surface area contributed by atoms with Gasteiger partial charge in [0.1, 0.15) is 0 Å². The molecule has 1 unspecified atom stereocenters. The number of benzene rings is 2. The third-order valence-corrected chi connectivity index (χ3v) is 6.75. The molecule has 2 aliphatic rings. The molecule has 7 heteroatoms. The zero-order valence-electron chi connectivity index (χ0n) is 18.2. The van der Waals surface area contributed by atoms with Crippen LogP contribution < -0.4 is 10.6 Å². The molecule has 6 nitrogen and oxygen atoms in total. The van der Waals surface area contributed by atoms with Crippen molar-refractivity contribution in [1.29, 1.82) is 0 Å². The Balaban J connectivity index is 1.28. The number of anilines is 1. The van der Waals surface area contributed by atoms with Gasteiger partial charge in [-0.05, 0) is 68.6 Å². The highest BCUT2D eigenvalue weighted by Gasteiger charge is 2.26. The summed E-state index contributed by atoms with van der Waals surface area (Å²) in [7, 11) is 0. The molecule has 0 spiro atoms. The topological polar surface area (TPSA) is 70.7 Å². The maximum absolute atomic E-state index is 12.9. The molecule has 0 bridgehead atoms. The van der Waals surface area contributed by atoms with Crippen LogP contribution in [-0.2, 0) is 16.1 Å². The van der Waals surface area contributed by atoms with Crippen LogP contribution in [0.3, 0.4) is 0 Å². The normalized spacial score (nSPS) is 19.6. The SMILES string of the molecule is O=C(NCC1CCCO1)c1ccccc1NC(=O)C1CCN(Cc2ccc(Br)cc2)CC1. The number of piperidine rings is 1. The molecule has 170 valence electrons. The van der Waals surface area contributed by atoms with E-state index in [1.165, 1.54) is 5.56 Å². The van der Waals surface area contributed by atoms with Gasteiger partial charge in [0.2, 0.25) is 5.91 Å². The smallest absolute Gasteiger partial charge is 0.253 e. The van der Waals surface area contributed by atoms with Crippen molar-refractivity contribution in [2.24, 2.45) is 5.92 Å². The van der Waals surface area contributed by atoms with Gasteiger partial charge in [0.15, 0.2) is 0 Å². The summed E-state index contributed by atoms with van der Waals surface area (Å²) in [6, 6.07) is 15.6. The second kappa shape index (κ2) is 11.1. The van der Waals surface area contributed by atoms with Crippen molar-refractivity contribution in [3.63, 3.8) is 0 Å². The summed E-state index contributed by atoms with van der Waals surface area (Å²) in [6.45, 7) is 3.93. The molecule has 2 fully saturated rings. The van der Waals surface area contributed by atoms with E-state index in [0.717, 1.165) is 56.4 Å². The molecule has 2 N–H and O–H groups in total. The molecule has 2 aliphatic heterocycles. The Hall–Kier alpha value is -2.22. The molecule has 0 saturated carbocycles. The van der Waals surface area contributed by atoms with Crippen LogP contribution in [0.1, 0.15) is 41.6 Å². The molecule has 0 aliphatic carbocycles. The Morgan fingerprint density at radius 2 is 1.78 bits per heavy atom. The Morgan fingerprint density at radius 3 is 2.50 bits per heavy atom. The van der Waals surface area contributed by atoms with Gasteiger partial charge in [-0.1, -0.05) is 40.2 Å². The first-order chi connectivity index (χ1) is 15.6. The highest BCUT2D eigenvalue weighted by Crippen LogP contribution is 2.23. The van der Waals surface area contributed by atoms with Crippen LogP contribution in [0.5, 0.6) is 0 Å². The average molecular weight is 500 g/mol. The Bertz CT molecular complexity index is 920. The average Bonchev–Trinajstić information content (AvgIpc) is 3.33.